The Morgan fingerprint density at radius 3 is 1.15 bits per heavy atom. The zero-order valence-electron chi connectivity index (χ0n) is 50.3. The number of anilines is 6. The molecule has 0 saturated heterocycles. The molecule has 7 aromatic rings. The highest BCUT2D eigenvalue weighted by Gasteiger charge is 2.47. The van der Waals surface area contributed by atoms with Gasteiger partial charge in [0, 0.05) is 27.7 Å². The molecular formula is C51H54N2O2. The maximum atomic E-state index is 9.88. The first-order valence-corrected chi connectivity index (χ1v) is 18.5. The molecule has 0 saturated carbocycles. The van der Waals surface area contributed by atoms with Gasteiger partial charge >= 0.3 is 0 Å². The van der Waals surface area contributed by atoms with Crippen LogP contribution in [0.3, 0.4) is 0 Å². The predicted molar refractivity (Wildman–Crippen MR) is 231 cm³/mol. The maximum absolute atomic E-state index is 9.88. The van der Waals surface area contributed by atoms with E-state index in [1.165, 1.54) is 9.80 Å². The summed E-state index contributed by atoms with van der Waals surface area (Å²) < 4.78 is 176. The van der Waals surface area contributed by atoms with Crippen LogP contribution in [0.1, 0.15) is 152 Å². The summed E-state index contributed by atoms with van der Waals surface area (Å²) in [4.78, 5) is 2.35. The molecule has 0 aliphatic carbocycles. The first-order valence-electron chi connectivity index (χ1n) is 27.0. The molecule has 2 aliphatic heterocycles. The molecular weight excluding hydrogens is 673 g/mol. The third kappa shape index (κ3) is 5.54. The van der Waals surface area contributed by atoms with E-state index < -0.39 is 118 Å². The molecule has 2 aliphatic rings. The summed E-state index contributed by atoms with van der Waals surface area (Å²) in [5.74, 6) is -1.95. The van der Waals surface area contributed by atoms with Gasteiger partial charge in [-0.25, -0.2) is 0 Å². The second kappa shape index (κ2) is 11.6. The van der Waals surface area contributed by atoms with Crippen molar-refractivity contribution >= 4 is 56.1 Å². The number of rotatable bonds is 2. The molecule has 4 heterocycles. The Morgan fingerprint density at radius 2 is 0.800 bits per heavy atom. The molecule has 0 N–H and O–H groups in total. The summed E-state index contributed by atoms with van der Waals surface area (Å²) in [6, 6.07) is -8.44. The number of benzene rings is 5. The van der Waals surface area contributed by atoms with E-state index in [1.807, 2.05) is 0 Å². The van der Waals surface area contributed by atoms with Crippen molar-refractivity contribution in [1.29, 1.82) is 0 Å². The van der Waals surface area contributed by atoms with Gasteiger partial charge in [0.05, 0.1) is 46.1 Å². The van der Waals surface area contributed by atoms with Crippen LogP contribution in [0.25, 0.3) is 21.9 Å². The van der Waals surface area contributed by atoms with Crippen molar-refractivity contribution in [2.45, 2.75) is 111 Å². The van der Waals surface area contributed by atoms with E-state index in [9.17, 15) is 23.3 Å². The predicted octanol–water partition coefficient (Wildman–Crippen LogP) is 15.1. The highest BCUT2D eigenvalue weighted by Crippen LogP contribution is 2.64. The molecule has 0 bridgehead atoms. The van der Waals surface area contributed by atoms with Gasteiger partial charge in [-0.3, -0.25) is 0 Å². The van der Waals surface area contributed by atoms with E-state index in [0.29, 0.717) is 0 Å². The van der Waals surface area contributed by atoms with Crippen molar-refractivity contribution in [2.24, 2.45) is 0 Å². The Kier molecular flexibility index (Phi) is 4.49. The monoisotopic (exact) mass is 744 g/mol. The maximum Gasteiger partial charge on any atom is 0.144 e. The highest BCUT2D eigenvalue weighted by atomic mass is 16.4. The van der Waals surface area contributed by atoms with Gasteiger partial charge in [-0.1, -0.05) is 125 Å². The second-order valence-corrected chi connectivity index (χ2v) is 18.6. The molecule has 0 atom stereocenters. The van der Waals surface area contributed by atoms with Crippen molar-refractivity contribution in [3.63, 3.8) is 0 Å². The van der Waals surface area contributed by atoms with Gasteiger partial charge in [0.25, 0.3) is 0 Å². The van der Waals surface area contributed by atoms with Gasteiger partial charge in [0.2, 0.25) is 0 Å². The third-order valence-corrected chi connectivity index (χ3v) is 10.2. The Balaban J connectivity index is 1.62. The lowest BCUT2D eigenvalue weighted by atomic mass is 9.80. The highest BCUT2D eigenvalue weighted by molar-refractivity contribution is 6.07. The average Bonchev–Trinajstić information content (AvgIpc) is 3.84. The van der Waals surface area contributed by atoms with Crippen molar-refractivity contribution < 1.29 is 32.1 Å². The lowest BCUT2D eigenvalue weighted by Gasteiger charge is -2.41. The van der Waals surface area contributed by atoms with Crippen LogP contribution in [0.5, 0.6) is 0 Å². The van der Waals surface area contributed by atoms with Crippen LogP contribution in [-0.4, -0.2) is 0 Å². The van der Waals surface area contributed by atoms with Gasteiger partial charge in [0.15, 0.2) is 0 Å². The zero-order valence-corrected chi connectivity index (χ0v) is 33.3. The molecule has 2 aromatic heterocycles. The summed E-state index contributed by atoms with van der Waals surface area (Å²) in [5, 5.41) is -0.243. The standard InChI is InChI=1S/C51H54N2O2/c1-48(2,3)30-16-22-34(23-17-30)52-38-14-13-15-39-42(38)43(46-44(52)36-28-32(50(7,8)9)20-26-40(36)54-46)47-45(37-29-33(51(10,11)12)21-27-41(37)55-47)53(39)35-24-18-31(19-25-35)49(4,5)6/h13-29,43H,1-12H3/i13D,14D,15D,16D,17D,18D,19D,20D,21D,22D,23D,24D,25D,26D,27D,28D,29D. The molecule has 0 radical (unpaired) electrons. The van der Waals surface area contributed by atoms with Crippen LogP contribution in [0.2, 0.25) is 0 Å². The van der Waals surface area contributed by atoms with Gasteiger partial charge < -0.3 is 18.6 Å². The Bertz CT molecular complexity index is 3330. The van der Waals surface area contributed by atoms with Crippen LogP contribution >= 0.6 is 0 Å². The molecule has 9 rings (SSSR count). The van der Waals surface area contributed by atoms with Gasteiger partial charge in [-0.15, -0.1) is 0 Å². The van der Waals surface area contributed by atoms with E-state index in [-0.39, 0.29) is 108 Å². The van der Waals surface area contributed by atoms with Crippen molar-refractivity contribution in [1.82, 2.24) is 0 Å². The molecule has 4 heteroatoms. The number of hydrogen-bond acceptors (Lipinski definition) is 4. The van der Waals surface area contributed by atoms with Gasteiger partial charge in [0.1, 0.15) is 28.6 Å². The number of nitrogens with zero attached hydrogens (tertiary/aromatic N) is 2. The van der Waals surface area contributed by atoms with Crippen LogP contribution in [0.15, 0.2) is 112 Å². The fourth-order valence-electron chi connectivity index (χ4n) is 7.08. The normalized spacial score (nSPS) is 19.1. The molecule has 0 fully saturated rings. The zero-order chi connectivity index (χ0) is 53.8. The summed E-state index contributed by atoms with van der Waals surface area (Å²) >= 11 is 0. The van der Waals surface area contributed by atoms with Crippen molar-refractivity contribution in [3.05, 3.63) is 142 Å². The molecule has 4 nitrogen and oxygen atoms in total. The van der Waals surface area contributed by atoms with E-state index in [0.717, 1.165) is 0 Å². The summed E-state index contributed by atoms with van der Waals surface area (Å²) in [7, 11) is 0. The first-order chi connectivity index (χ1) is 32.9. The fourth-order valence-corrected chi connectivity index (χ4v) is 7.08. The summed E-state index contributed by atoms with van der Waals surface area (Å²) in [6.07, 6.45) is 0. The Labute approximate surface area is 350 Å². The van der Waals surface area contributed by atoms with Crippen LogP contribution in [-0.2, 0) is 21.7 Å². The van der Waals surface area contributed by atoms with Crippen molar-refractivity contribution in [3.8, 4) is 0 Å². The molecule has 0 unspecified atom stereocenters. The summed E-state index contributed by atoms with van der Waals surface area (Å²) in [6.45, 7) is 20.9. The first kappa shape index (κ1) is 21.2. The Morgan fingerprint density at radius 1 is 0.455 bits per heavy atom. The molecule has 280 valence electrons. The lowest BCUT2D eigenvalue weighted by Crippen LogP contribution is -2.28. The second-order valence-electron chi connectivity index (χ2n) is 18.6. The SMILES string of the molecule is [2H]c1c([2H])c2c3c(c1[2H])N(c1c([2H])c([2H])c(C(C)(C)C)c([2H])c1[2H])c1c(oc4c([2H])c([2H])c(C(C)(C)C)c([2H])c14)C3c1oc3c([2H])c([2H])c(C(C)(C)C)c([2H])c3c1N2c1c([2H])c([2H])c(C(C)(C)C)c([2H])c1[2H]. The number of furan rings is 2. The van der Waals surface area contributed by atoms with E-state index in [4.69, 9.17) is 8.83 Å². The Hall–Kier alpha value is -5.22. The minimum absolute atomic E-state index is 0.0636. The molecule has 5 aromatic carbocycles. The number of fused-ring (bicyclic) bond motifs is 8. The van der Waals surface area contributed by atoms with Crippen molar-refractivity contribution in [2.75, 3.05) is 9.80 Å². The van der Waals surface area contributed by atoms with E-state index in [2.05, 4.69) is 0 Å². The minimum atomic E-state index is -1.54. The quantitative estimate of drug-likeness (QED) is 0.176. The largest absolute Gasteiger partial charge is 0.458 e. The number of hydrogen-bond donors (Lipinski definition) is 0. The summed E-state index contributed by atoms with van der Waals surface area (Å²) in [5.41, 5.74) is -6.05. The van der Waals surface area contributed by atoms with Gasteiger partial charge in [-0.2, -0.15) is 0 Å². The molecule has 0 amide bonds. The fraction of sp³-hybridized carbons (Fsp3) is 0.333. The lowest BCUT2D eigenvalue weighted by molar-refractivity contribution is 0.479. The van der Waals surface area contributed by atoms with E-state index in [1.54, 1.807) is 83.1 Å². The van der Waals surface area contributed by atoms with Crippen LogP contribution < -0.4 is 9.80 Å². The average molecular weight is 744 g/mol. The smallest absolute Gasteiger partial charge is 0.144 e. The molecule has 0 spiro atoms. The molecule has 55 heavy (non-hydrogen) atoms. The van der Waals surface area contributed by atoms with Crippen LogP contribution in [0, 0.1) is 0 Å². The topological polar surface area (TPSA) is 32.8 Å². The third-order valence-electron chi connectivity index (χ3n) is 10.2. The van der Waals surface area contributed by atoms with Gasteiger partial charge in [-0.05, 0) is 104 Å². The van der Waals surface area contributed by atoms with Crippen LogP contribution in [0.4, 0.5) is 34.1 Å². The minimum Gasteiger partial charge on any atom is -0.458 e. The van der Waals surface area contributed by atoms with E-state index >= 15 is 0 Å².